The Morgan fingerprint density at radius 1 is 1.12 bits per heavy atom. The van der Waals surface area contributed by atoms with Gasteiger partial charge in [-0.15, -0.1) is 24.8 Å². The van der Waals surface area contributed by atoms with Gasteiger partial charge in [-0.3, -0.25) is 9.69 Å². The van der Waals surface area contributed by atoms with E-state index in [1.54, 1.807) is 6.92 Å². The molecule has 1 atom stereocenters. The Bertz CT molecular complexity index is 497. The van der Waals surface area contributed by atoms with E-state index in [4.69, 9.17) is 0 Å². The third-order valence-corrected chi connectivity index (χ3v) is 4.96. The van der Waals surface area contributed by atoms with Gasteiger partial charge in [0.15, 0.2) is 0 Å². The van der Waals surface area contributed by atoms with E-state index < -0.39 is 0 Å². The van der Waals surface area contributed by atoms with Crippen LogP contribution in [0.2, 0.25) is 0 Å². The summed E-state index contributed by atoms with van der Waals surface area (Å²) >= 11 is 0. The van der Waals surface area contributed by atoms with E-state index >= 15 is 0 Å². The van der Waals surface area contributed by atoms with Gasteiger partial charge in [0.1, 0.15) is 0 Å². The Morgan fingerprint density at radius 3 is 2.25 bits per heavy atom. The number of halogens is 2. The molecular formula is C18H29Cl2N3O. The van der Waals surface area contributed by atoms with E-state index in [0.29, 0.717) is 6.04 Å². The lowest BCUT2D eigenvalue weighted by Crippen LogP contribution is -2.46. The lowest BCUT2D eigenvalue weighted by atomic mass is 9.89. The third-order valence-electron chi connectivity index (χ3n) is 4.96. The van der Waals surface area contributed by atoms with Crippen molar-refractivity contribution in [2.45, 2.75) is 38.6 Å². The van der Waals surface area contributed by atoms with Crippen LogP contribution in [0.25, 0.3) is 0 Å². The average Bonchev–Trinajstić information content (AvgIpc) is 3.04. The summed E-state index contributed by atoms with van der Waals surface area (Å²) in [4.78, 5) is 13.8. The smallest absolute Gasteiger partial charge is 0.221 e. The Morgan fingerprint density at radius 2 is 1.71 bits per heavy atom. The summed E-state index contributed by atoms with van der Waals surface area (Å²) in [5.74, 6) is 0.770. The molecule has 1 heterocycles. The summed E-state index contributed by atoms with van der Waals surface area (Å²) < 4.78 is 0. The number of benzene rings is 1. The number of hydrogen-bond donors (Lipinski definition) is 2. The molecule has 1 saturated carbocycles. The van der Waals surface area contributed by atoms with Crippen LogP contribution < -0.4 is 10.6 Å². The molecule has 0 radical (unpaired) electrons. The topological polar surface area (TPSA) is 44.4 Å². The van der Waals surface area contributed by atoms with Crippen LogP contribution in [-0.2, 0) is 4.79 Å². The number of amides is 1. The van der Waals surface area contributed by atoms with Crippen molar-refractivity contribution >= 4 is 36.4 Å². The molecule has 1 aliphatic heterocycles. The molecule has 0 aromatic heterocycles. The van der Waals surface area contributed by atoms with Gasteiger partial charge in [-0.2, -0.15) is 0 Å². The highest BCUT2D eigenvalue weighted by Gasteiger charge is 2.31. The summed E-state index contributed by atoms with van der Waals surface area (Å²) in [6.45, 7) is 6.00. The highest BCUT2D eigenvalue weighted by atomic mass is 35.5. The van der Waals surface area contributed by atoms with Gasteiger partial charge in [-0.1, -0.05) is 25.0 Å². The van der Waals surface area contributed by atoms with E-state index in [1.807, 2.05) is 12.1 Å². The van der Waals surface area contributed by atoms with Crippen LogP contribution in [0.5, 0.6) is 0 Å². The van der Waals surface area contributed by atoms with Crippen LogP contribution >= 0.6 is 24.8 Å². The maximum atomic E-state index is 11.2. The second kappa shape index (κ2) is 10.2. The average molecular weight is 374 g/mol. The maximum Gasteiger partial charge on any atom is 0.221 e. The van der Waals surface area contributed by atoms with Crippen molar-refractivity contribution in [3.63, 3.8) is 0 Å². The van der Waals surface area contributed by atoms with Gasteiger partial charge >= 0.3 is 0 Å². The van der Waals surface area contributed by atoms with Crippen LogP contribution in [0, 0.1) is 5.92 Å². The standard InChI is InChI=1S/C18H27N3O.2ClH/c1-14(22)20-17-8-6-16(7-9-17)18(15-4-2-3-5-15)21-12-10-19-11-13-21;;/h6-9,15,18-19H,2-5,10-13H2,1H3,(H,20,22);2*1H/t18-;;/m1../s1. The molecule has 4 nitrogen and oxygen atoms in total. The van der Waals surface area contributed by atoms with Crippen molar-refractivity contribution < 1.29 is 4.79 Å². The Balaban J connectivity index is 0.00000144. The van der Waals surface area contributed by atoms with Gasteiger partial charge in [0.2, 0.25) is 5.91 Å². The fraction of sp³-hybridized carbons (Fsp3) is 0.611. The van der Waals surface area contributed by atoms with Gasteiger partial charge in [0.25, 0.3) is 0 Å². The zero-order chi connectivity index (χ0) is 15.4. The molecular weight excluding hydrogens is 345 g/mol. The van der Waals surface area contributed by atoms with E-state index in [0.717, 1.165) is 37.8 Å². The zero-order valence-corrected chi connectivity index (χ0v) is 15.9. The quantitative estimate of drug-likeness (QED) is 0.846. The lowest BCUT2D eigenvalue weighted by Gasteiger charge is -2.38. The van der Waals surface area contributed by atoms with Crippen molar-refractivity contribution in [1.29, 1.82) is 0 Å². The van der Waals surface area contributed by atoms with Gasteiger partial charge in [0, 0.05) is 44.8 Å². The normalized spacial score (nSPS) is 19.9. The largest absolute Gasteiger partial charge is 0.326 e. The first kappa shape index (κ1) is 21.2. The SMILES string of the molecule is CC(=O)Nc1ccc([C@@H](C2CCCC2)N2CCNCC2)cc1.Cl.Cl. The minimum atomic E-state index is -0.0119. The molecule has 0 unspecified atom stereocenters. The van der Waals surface area contributed by atoms with Gasteiger partial charge in [-0.25, -0.2) is 0 Å². The number of piperazine rings is 1. The maximum absolute atomic E-state index is 11.2. The summed E-state index contributed by atoms with van der Waals surface area (Å²) in [6, 6.07) is 9.03. The fourth-order valence-corrected chi connectivity index (χ4v) is 3.98. The molecule has 2 N–H and O–H groups in total. The molecule has 136 valence electrons. The number of carbonyl (C=O) groups is 1. The number of anilines is 1. The minimum absolute atomic E-state index is 0. The molecule has 1 aromatic carbocycles. The fourth-order valence-electron chi connectivity index (χ4n) is 3.98. The number of hydrogen-bond acceptors (Lipinski definition) is 3. The summed E-state index contributed by atoms with van der Waals surface area (Å²) in [5.41, 5.74) is 2.30. The molecule has 1 saturated heterocycles. The molecule has 3 rings (SSSR count). The molecule has 2 aliphatic rings. The van der Waals surface area contributed by atoms with Crippen LogP contribution in [0.4, 0.5) is 5.69 Å². The first-order valence-electron chi connectivity index (χ1n) is 8.56. The first-order chi connectivity index (χ1) is 10.7. The van der Waals surface area contributed by atoms with Crippen molar-refractivity contribution in [1.82, 2.24) is 10.2 Å². The molecule has 0 spiro atoms. The highest BCUT2D eigenvalue weighted by molar-refractivity contribution is 5.88. The Hall–Kier alpha value is -0.810. The van der Waals surface area contributed by atoms with Crippen molar-refractivity contribution in [3.05, 3.63) is 29.8 Å². The number of nitrogens with one attached hydrogen (secondary N) is 2. The van der Waals surface area contributed by atoms with Gasteiger partial charge < -0.3 is 10.6 Å². The van der Waals surface area contributed by atoms with Crippen LogP contribution in [0.15, 0.2) is 24.3 Å². The van der Waals surface area contributed by atoms with Crippen molar-refractivity contribution in [2.75, 3.05) is 31.5 Å². The van der Waals surface area contributed by atoms with Gasteiger partial charge in [-0.05, 0) is 36.5 Å². The van der Waals surface area contributed by atoms with Crippen molar-refractivity contribution in [2.24, 2.45) is 5.92 Å². The summed E-state index contributed by atoms with van der Waals surface area (Å²) in [6.07, 6.45) is 5.44. The highest BCUT2D eigenvalue weighted by Crippen LogP contribution is 2.39. The zero-order valence-electron chi connectivity index (χ0n) is 14.3. The van der Waals surface area contributed by atoms with E-state index in [-0.39, 0.29) is 30.7 Å². The van der Waals surface area contributed by atoms with Crippen molar-refractivity contribution in [3.8, 4) is 0 Å². The molecule has 1 amide bonds. The molecule has 2 fully saturated rings. The van der Waals surface area contributed by atoms with Gasteiger partial charge in [0.05, 0.1) is 0 Å². The second-order valence-electron chi connectivity index (χ2n) is 6.58. The first-order valence-corrected chi connectivity index (χ1v) is 8.56. The predicted molar refractivity (Wildman–Crippen MR) is 104 cm³/mol. The van der Waals surface area contributed by atoms with E-state index in [9.17, 15) is 4.79 Å². The molecule has 24 heavy (non-hydrogen) atoms. The van der Waals surface area contributed by atoms with Crippen LogP contribution in [0.1, 0.15) is 44.2 Å². The monoisotopic (exact) mass is 373 g/mol. The second-order valence-corrected chi connectivity index (χ2v) is 6.58. The van der Waals surface area contributed by atoms with E-state index in [1.165, 1.54) is 31.2 Å². The van der Waals surface area contributed by atoms with E-state index in [2.05, 4.69) is 27.7 Å². The number of rotatable bonds is 4. The number of nitrogens with zero attached hydrogens (tertiary/aromatic N) is 1. The molecule has 1 aliphatic carbocycles. The summed E-state index contributed by atoms with van der Waals surface area (Å²) in [7, 11) is 0. The Kier molecular flexibility index (Phi) is 9.06. The summed E-state index contributed by atoms with van der Waals surface area (Å²) in [5, 5.41) is 6.31. The third kappa shape index (κ3) is 5.35. The van der Waals surface area contributed by atoms with Crippen LogP contribution in [0.3, 0.4) is 0 Å². The molecule has 1 aromatic rings. The minimum Gasteiger partial charge on any atom is -0.326 e. The predicted octanol–water partition coefficient (Wildman–Crippen LogP) is 3.63. The molecule has 0 bridgehead atoms. The van der Waals surface area contributed by atoms with Crippen LogP contribution in [-0.4, -0.2) is 37.0 Å². The number of carbonyl (C=O) groups excluding carboxylic acids is 1. The lowest BCUT2D eigenvalue weighted by molar-refractivity contribution is -0.114. The Labute approximate surface area is 157 Å². The molecule has 6 heteroatoms.